The molecule has 0 aromatic rings. The molecule has 0 aromatic heterocycles. The smallest absolute Gasteiger partial charge is 0.332 e. The second kappa shape index (κ2) is 12.0. The molecule has 1 rings (SSSR count). The number of unbranched alkanes of at least 4 members (excludes halogenated alkanes) is 2. The van der Waals surface area contributed by atoms with Gasteiger partial charge >= 0.3 is 11.9 Å². The zero-order chi connectivity index (χ0) is 18.7. The largest absolute Gasteiger partial charge is 0.478 e. The van der Waals surface area contributed by atoms with Crippen molar-refractivity contribution in [2.75, 3.05) is 32.8 Å². The molecule has 1 heterocycles. The molecule has 1 aliphatic heterocycles. The summed E-state index contributed by atoms with van der Waals surface area (Å²) < 4.78 is 5.31. The van der Waals surface area contributed by atoms with Crippen LogP contribution >= 0.6 is 0 Å². The summed E-state index contributed by atoms with van der Waals surface area (Å²) in [5.74, 6) is -1.78. The summed E-state index contributed by atoms with van der Waals surface area (Å²) in [6, 6.07) is 0. The summed E-state index contributed by atoms with van der Waals surface area (Å²) in [5, 5.41) is 18.8. The zero-order valence-corrected chi connectivity index (χ0v) is 15.6. The van der Waals surface area contributed by atoms with E-state index >= 15 is 0 Å². The van der Waals surface area contributed by atoms with Gasteiger partial charge in [-0.05, 0) is 44.6 Å². The molecule has 1 unspecified atom stereocenters. The number of morpholine rings is 1. The first-order chi connectivity index (χ1) is 12.0. The fourth-order valence-corrected chi connectivity index (χ4v) is 3.01. The third-order valence-electron chi connectivity index (χ3n) is 4.97. The molecular weight excluding hydrogens is 322 g/mol. The van der Waals surface area contributed by atoms with Gasteiger partial charge in [-0.3, -0.25) is 4.90 Å². The number of nitrogens with zero attached hydrogens (tertiary/aromatic N) is 1. The van der Waals surface area contributed by atoms with Crippen LogP contribution in [-0.4, -0.2) is 59.9 Å². The van der Waals surface area contributed by atoms with E-state index in [2.05, 4.69) is 18.7 Å². The Morgan fingerprint density at radius 2 is 1.60 bits per heavy atom. The molecule has 0 bridgehead atoms. The van der Waals surface area contributed by atoms with E-state index in [0.717, 1.165) is 52.1 Å². The van der Waals surface area contributed by atoms with Crippen molar-refractivity contribution in [3.05, 3.63) is 11.1 Å². The van der Waals surface area contributed by atoms with E-state index in [1.165, 1.54) is 0 Å². The number of hydrogen-bond acceptors (Lipinski definition) is 4. The van der Waals surface area contributed by atoms with E-state index in [-0.39, 0.29) is 11.1 Å². The molecular formula is C19H33NO5. The first kappa shape index (κ1) is 21.6. The minimum atomic E-state index is -1.09. The van der Waals surface area contributed by atoms with Crippen LogP contribution in [0.15, 0.2) is 11.1 Å². The SMILES string of the molecule is CCC(C)CCC(C(=O)O)=C(CCCCCN1CCOCC1)C(=O)O. The normalized spacial score (nSPS) is 17.8. The Morgan fingerprint density at radius 1 is 1.00 bits per heavy atom. The molecule has 1 fully saturated rings. The topological polar surface area (TPSA) is 87.1 Å². The number of carbonyl (C=O) groups is 2. The van der Waals surface area contributed by atoms with Gasteiger partial charge in [0.15, 0.2) is 0 Å². The van der Waals surface area contributed by atoms with Crippen LogP contribution in [-0.2, 0) is 14.3 Å². The van der Waals surface area contributed by atoms with Crippen LogP contribution in [0.4, 0.5) is 0 Å². The number of rotatable bonds is 12. The van der Waals surface area contributed by atoms with Crippen LogP contribution in [0.1, 0.15) is 58.8 Å². The minimum absolute atomic E-state index is 0.0842. The maximum absolute atomic E-state index is 11.5. The molecule has 1 saturated heterocycles. The monoisotopic (exact) mass is 355 g/mol. The van der Waals surface area contributed by atoms with E-state index < -0.39 is 11.9 Å². The fraction of sp³-hybridized carbons (Fsp3) is 0.789. The Morgan fingerprint density at radius 3 is 2.16 bits per heavy atom. The highest BCUT2D eigenvalue weighted by molar-refractivity contribution is 5.98. The Balaban J connectivity index is 2.48. The van der Waals surface area contributed by atoms with Gasteiger partial charge in [0, 0.05) is 24.2 Å². The van der Waals surface area contributed by atoms with Crippen LogP contribution in [0.25, 0.3) is 0 Å². The minimum Gasteiger partial charge on any atom is -0.478 e. The fourth-order valence-electron chi connectivity index (χ4n) is 3.01. The maximum Gasteiger partial charge on any atom is 0.332 e. The Bertz CT molecular complexity index is 455. The Kier molecular flexibility index (Phi) is 10.4. The quantitative estimate of drug-likeness (QED) is 0.413. The second-order valence-electron chi connectivity index (χ2n) is 6.88. The van der Waals surface area contributed by atoms with Gasteiger partial charge in [-0.15, -0.1) is 0 Å². The molecule has 0 aromatic carbocycles. The lowest BCUT2D eigenvalue weighted by molar-refractivity contribution is -0.136. The number of aliphatic carboxylic acids is 2. The summed E-state index contributed by atoms with van der Waals surface area (Å²) in [5.41, 5.74) is 0.170. The summed E-state index contributed by atoms with van der Waals surface area (Å²) >= 11 is 0. The summed E-state index contributed by atoms with van der Waals surface area (Å²) in [6.07, 6.45) is 4.98. The first-order valence-corrected chi connectivity index (χ1v) is 9.44. The Labute approximate surface area is 150 Å². The van der Waals surface area contributed by atoms with E-state index in [1.807, 2.05) is 0 Å². The lowest BCUT2D eigenvalue weighted by Gasteiger charge is -2.26. The number of carboxylic acids is 2. The van der Waals surface area contributed by atoms with E-state index in [4.69, 9.17) is 4.74 Å². The van der Waals surface area contributed by atoms with E-state index in [0.29, 0.717) is 31.6 Å². The third-order valence-corrected chi connectivity index (χ3v) is 4.97. The van der Waals surface area contributed by atoms with Gasteiger partial charge in [0.05, 0.1) is 13.2 Å². The molecule has 6 heteroatoms. The van der Waals surface area contributed by atoms with Gasteiger partial charge in [0.2, 0.25) is 0 Å². The Hall–Kier alpha value is -1.40. The van der Waals surface area contributed by atoms with Gasteiger partial charge in [-0.1, -0.05) is 26.7 Å². The van der Waals surface area contributed by atoms with E-state index in [1.54, 1.807) is 0 Å². The van der Waals surface area contributed by atoms with Crippen molar-refractivity contribution in [2.24, 2.45) is 5.92 Å². The van der Waals surface area contributed by atoms with Crippen LogP contribution < -0.4 is 0 Å². The lowest BCUT2D eigenvalue weighted by atomic mass is 9.94. The number of hydrogen-bond donors (Lipinski definition) is 2. The highest BCUT2D eigenvalue weighted by atomic mass is 16.5. The lowest BCUT2D eigenvalue weighted by Crippen LogP contribution is -2.36. The molecule has 0 aliphatic carbocycles. The molecule has 1 atom stereocenters. The molecule has 6 nitrogen and oxygen atoms in total. The molecule has 0 spiro atoms. The standard InChI is InChI=1S/C19H33NO5/c1-3-15(2)8-9-17(19(23)24)16(18(21)22)7-5-4-6-10-20-11-13-25-14-12-20/h15H,3-14H2,1-2H3,(H,21,22)(H,23,24). The molecule has 0 saturated carbocycles. The van der Waals surface area contributed by atoms with Gasteiger partial charge in [0.1, 0.15) is 0 Å². The number of carboxylic acid groups (broad SMARTS) is 2. The highest BCUT2D eigenvalue weighted by Crippen LogP contribution is 2.22. The van der Waals surface area contributed by atoms with Crippen LogP contribution in [0, 0.1) is 5.92 Å². The van der Waals surface area contributed by atoms with E-state index in [9.17, 15) is 19.8 Å². The summed E-state index contributed by atoms with van der Waals surface area (Å²) in [6.45, 7) is 8.59. The van der Waals surface area contributed by atoms with Crippen LogP contribution in [0.2, 0.25) is 0 Å². The predicted octanol–water partition coefficient (Wildman–Crippen LogP) is 3.17. The van der Waals surface area contributed by atoms with Crippen molar-refractivity contribution in [1.82, 2.24) is 4.90 Å². The molecule has 1 aliphatic rings. The number of ether oxygens (including phenoxy) is 1. The zero-order valence-electron chi connectivity index (χ0n) is 15.6. The third kappa shape index (κ3) is 8.50. The van der Waals surface area contributed by atoms with Crippen LogP contribution in [0.3, 0.4) is 0 Å². The summed E-state index contributed by atoms with van der Waals surface area (Å²) in [7, 11) is 0. The molecule has 25 heavy (non-hydrogen) atoms. The average molecular weight is 355 g/mol. The second-order valence-corrected chi connectivity index (χ2v) is 6.88. The summed E-state index contributed by atoms with van der Waals surface area (Å²) in [4.78, 5) is 25.4. The molecule has 0 radical (unpaired) electrons. The highest BCUT2D eigenvalue weighted by Gasteiger charge is 2.20. The van der Waals surface area contributed by atoms with Gasteiger partial charge in [0.25, 0.3) is 0 Å². The van der Waals surface area contributed by atoms with Gasteiger partial charge in [-0.25, -0.2) is 9.59 Å². The van der Waals surface area contributed by atoms with Crippen molar-refractivity contribution >= 4 is 11.9 Å². The van der Waals surface area contributed by atoms with Crippen molar-refractivity contribution in [2.45, 2.75) is 58.8 Å². The first-order valence-electron chi connectivity index (χ1n) is 9.44. The molecule has 0 amide bonds. The average Bonchev–Trinajstić information content (AvgIpc) is 2.59. The van der Waals surface area contributed by atoms with Crippen molar-refractivity contribution < 1.29 is 24.5 Å². The molecule has 144 valence electrons. The van der Waals surface area contributed by atoms with Crippen molar-refractivity contribution in [3.8, 4) is 0 Å². The maximum atomic E-state index is 11.5. The van der Waals surface area contributed by atoms with Crippen LogP contribution in [0.5, 0.6) is 0 Å². The van der Waals surface area contributed by atoms with Crippen molar-refractivity contribution in [3.63, 3.8) is 0 Å². The molecule has 2 N–H and O–H groups in total. The van der Waals surface area contributed by atoms with Crippen molar-refractivity contribution in [1.29, 1.82) is 0 Å². The predicted molar refractivity (Wildman–Crippen MR) is 96.7 cm³/mol. The van der Waals surface area contributed by atoms with Gasteiger partial charge < -0.3 is 14.9 Å². The van der Waals surface area contributed by atoms with Gasteiger partial charge in [-0.2, -0.15) is 0 Å².